The van der Waals surface area contributed by atoms with Gasteiger partial charge in [-0.25, -0.2) is 19.3 Å². The third kappa shape index (κ3) is 4.14. The van der Waals surface area contributed by atoms with E-state index in [1.807, 2.05) is 4.90 Å². The summed E-state index contributed by atoms with van der Waals surface area (Å²) < 4.78 is 22.4. The number of carbonyl (C=O) groups excluding carboxylic acids is 1. The molecular weight excluding hydrogens is 489 g/mol. The number of aromatic nitrogens is 5. The van der Waals surface area contributed by atoms with Gasteiger partial charge in [-0.3, -0.25) is 9.78 Å². The number of nitrogens with one attached hydrogen (secondary N) is 2. The minimum Gasteiger partial charge on any atom is -0.378 e. The van der Waals surface area contributed by atoms with Gasteiger partial charge >= 0.3 is 0 Å². The smallest absolute Gasteiger partial charge is 0.271 e. The molecule has 1 saturated heterocycles. The number of nitrogens with zero attached hydrogens (tertiary/aromatic N) is 6. The summed E-state index contributed by atoms with van der Waals surface area (Å²) in [7, 11) is 3.46. The number of halogens is 2. The average molecular weight is 512 g/mol. The van der Waals surface area contributed by atoms with E-state index >= 15 is 4.39 Å². The van der Waals surface area contributed by atoms with E-state index in [0.29, 0.717) is 54.8 Å². The van der Waals surface area contributed by atoms with Crippen molar-refractivity contribution in [1.82, 2.24) is 24.5 Å². The fourth-order valence-corrected chi connectivity index (χ4v) is 4.37. The number of amides is 1. The lowest BCUT2D eigenvalue weighted by Crippen LogP contribution is -2.36. The number of aryl methyl sites for hydroxylation is 1. The molecule has 13 heteroatoms. The number of morpholine rings is 1. The van der Waals surface area contributed by atoms with Crippen LogP contribution < -0.4 is 21.3 Å². The fourth-order valence-electron chi connectivity index (χ4n) is 4.08. The lowest BCUT2D eigenvalue weighted by atomic mass is 10.2. The van der Waals surface area contributed by atoms with Gasteiger partial charge in [-0.2, -0.15) is 0 Å². The molecule has 0 aliphatic carbocycles. The molecule has 1 aliphatic rings. The van der Waals surface area contributed by atoms with Crippen molar-refractivity contribution in [3.8, 4) is 11.5 Å². The molecule has 4 heterocycles. The molecule has 0 spiro atoms. The predicted octanol–water partition coefficient (Wildman–Crippen LogP) is 2.94. The lowest BCUT2D eigenvalue weighted by molar-refractivity contribution is 0.0996. The minimum absolute atomic E-state index is 0.0230. The van der Waals surface area contributed by atoms with Gasteiger partial charge in [0.1, 0.15) is 10.7 Å². The van der Waals surface area contributed by atoms with Crippen molar-refractivity contribution >= 4 is 51.6 Å². The van der Waals surface area contributed by atoms with E-state index in [1.165, 1.54) is 6.07 Å². The first-order valence-electron chi connectivity index (χ1n) is 11.1. The van der Waals surface area contributed by atoms with Crippen molar-refractivity contribution in [2.24, 2.45) is 12.8 Å². The average Bonchev–Trinajstić information content (AvgIpc) is 3.23. The van der Waals surface area contributed by atoms with Gasteiger partial charge in [0.2, 0.25) is 0 Å². The molecule has 1 aliphatic heterocycles. The summed E-state index contributed by atoms with van der Waals surface area (Å²) in [6, 6.07) is 5.00. The largest absolute Gasteiger partial charge is 0.378 e. The highest BCUT2D eigenvalue weighted by atomic mass is 35.5. The highest BCUT2D eigenvalue weighted by Gasteiger charge is 2.24. The Morgan fingerprint density at radius 1 is 1.17 bits per heavy atom. The van der Waals surface area contributed by atoms with Crippen LogP contribution in [0.25, 0.3) is 22.6 Å². The van der Waals surface area contributed by atoms with Crippen LogP contribution in [0, 0.1) is 5.82 Å². The monoisotopic (exact) mass is 511 g/mol. The Balaban J connectivity index is 1.56. The van der Waals surface area contributed by atoms with Crippen LogP contribution in [0.3, 0.4) is 0 Å². The second kappa shape index (κ2) is 9.55. The molecule has 11 nitrogen and oxygen atoms in total. The van der Waals surface area contributed by atoms with Crippen molar-refractivity contribution in [3.63, 3.8) is 0 Å². The van der Waals surface area contributed by atoms with E-state index in [2.05, 4.69) is 30.6 Å². The maximum Gasteiger partial charge on any atom is 0.271 e. The first-order valence-corrected chi connectivity index (χ1v) is 11.5. The van der Waals surface area contributed by atoms with Crippen LogP contribution in [0.5, 0.6) is 0 Å². The molecule has 0 bridgehead atoms. The normalized spacial score (nSPS) is 13.7. The zero-order chi connectivity index (χ0) is 25.4. The highest BCUT2D eigenvalue weighted by molar-refractivity contribution is 6.33. The predicted molar refractivity (Wildman–Crippen MR) is 135 cm³/mol. The Morgan fingerprint density at radius 2 is 1.94 bits per heavy atom. The highest BCUT2D eigenvalue weighted by Crippen LogP contribution is 2.36. The van der Waals surface area contributed by atoms with E-state index in [-0.39, 0.29) is 22.2 Å². The maximum atomic E-state index is 15.3. The van der Waals surface area contributed by atoms with Crippen molar-refractivity contribution in [2.75, 3.05) is 48.9 Å². The molecule has 0 saturated carbocycles. The van der Waals surface area contributed by atoms with Gasteiger partial charge in [0.15, 0.2) is 29.0 Å². The summed E-state index contributed by atoms with van der Waals surface area (Å²) in [5, 5.41) is 5.75. The zero-order valence-corrected chi connectivity index (χ0v) is 20.3. The summed E-state index contributed by atoms with van der Waals surface area (Å²) in [6.45, 7) is 2.29. The molecule has 1 amide bonds. The van der Waals surface area contributed by atoms with Crippen molar-refractivity contribution in [1.29, 1.82) is 0 Å². The van der Waals surface area contributed by atoms with Crippen molar-refractivity contribution < 1.29 is 13.9 Å². The van der Waals surface area contributed by atoms with Crippen LogP contribution in [0.4, 0.5) is 27.4 Å². The maximum absolute atomic E-state index is 15.3. The Morgan fingerprint density at radius 3 is 2.64 bits per heavy atom. The number of carbonyl (C=O) groups is 1. The van der Waals surface area contributed by atoms with E-state index < -0.39 is 11.7 Å². The zero-order valence-electron chi connectivity index (χ0n) is 19.5. The lowest BCUT2D eigenvalue weighted by Gasteiger charge is -2.30. The van der Waals surface area contributed by atoms with E-state index in [1.54, 1.807) is 43.2 Å². The molecule has 4 aromatic rings. The second-order valence-electron chi connectivity index (χ2n) is 8.08. The third-order valence-corrected chi connectivity index (χ3v) is 6.29. The number of ether oxygens (including phenoxy) is 1. The first kappa shape index (κ1) is 23.7. The number of benzene rings is 1. The quantitative estimate of drug-likeness (QED) is 0.357. The summed E-state index contributed by atoms with van der Waals surface area (Å²) in [5.41, 5.74) is 7.82. The van der Waals surface area contributed by atoms with Gasteiger partial charge in [0, 0.05) is 33.4 Å². The Labute approximate surface area is 210 Å². The van der Waals surface area contributed by atoms with Gasteiger partial charge in [0.25, 0.3) is 5.91 Å². The Hall–Kier alpha value is -4.03. The summed E-state index contributed by atoms with van der Waals surface area (Å²) >= 11 is 6.37. The molecule has 0 radical (unpaired) electrons. The number of fused-ring (bicyclic) bond motifs is 1. The summed E-state index contributed by atoms with van der Waals surface area (Å²) in [4.78, 5) is 32.0. The molecule has 5 rings (SSSR count). The Bertz CT molecular complexity index is 1470. The van der Waals surface area contributed by atoms with Crippen molar-refractivity contribution in [2.45, 2.75) is 0 Å². The van der Waals surface area contributed by atoms with Crippen LogP contribution in [-0.2, 0) is 11.8 Å². The van der Waals surface area contributed by atoms with E-state index in [4.69, 9.17) is 22.1 Å². The summed E-state index contributed by atoms with van der Waals surface area (Å²) in [6.07, 6.45) is 3.31. The summed E-state index contributed by atoms with van der Waals surface area (Å²) in [5.74, 6) is -0.787. The topological polar surface area (TPSA) is 136 Å². The van der Waals surface area contributed by atoms with E-state index in [9.17, 15) is 4.79 Å². The minimum atomic E-state index is -0.842. The van der Waals surface area contributed by atoms with Crippen LogP contribution in [-0.4, -0.2) is 63.8 Å². The van der Waals surface area contributed by atoms with Crippen molar-refractivity contribution in [3.05, 3.63) is 47.1 Å². The number of anilines is 4. The molecule has 186 valence electrons. The first-order chi connectivity index (χ1) is 17.4. The standard InChI is InChI=1S/C23H23ClFN9O2/c1-27-21-19(23-30-12-5-6-28-11-15(12)33(23)2)31-18(20(26)35)22(32-21)29-13-3-4-14(16(24)17(13)25)34-7-9-36-10-8-34/h3-6,11H,7-10H2,1-2H3,(H2,26,35)(H2,27,29,32). The number of hydrogen-bond donors (Lipinski definition) is 3. The third-order valence-electron chi connectivity index (χ3n) is 5.93. The molecule has 3 aromatic heterocycles. The van der Waals surface area contributed by atoms with Gasteiger partial charge in [-0.05, 0) is 18.2 Å². The number of nitrogens with two attached hydrogens (primary N) is 1. The SMILES string of the molecule is CNc1nc(Nc2ccc(N3CCOCC3)c(Cl)c2F)c(C(N)=O)nc1-c1nc2ccncc2n1C. The van der Waals surface area contributed by atoms with Gasteiger partial charge in [-0.1, -0.05) is 11.6 Å². The molecule has 4 N–H and O–H groups in total. The second-order valence-corrected chi connectivity index (χ2v) is 8.45. The van der Waals surface area contributed by atoms with Crippen LogP contribution in [0.1, 0.15) is 10.5 Å². The fraction of sp³-hybridized carbons (Fsp3) is 0.261. The molecule has 0 atom stereocenters. The molecule has 36 heavy (non-hydrogen) atoms. The van der Waals surface area contributed by atoms with E-state index in [0.717, 1.165) is 5.52 Å². The number of pyridine rings is 1. The number of primary amides is 1. The van der Waals surface area contributed by atoms with Gasteiger partial charge in [-0.15, -0.1) is 0 Å². The molecule has 0 unspecified atom stereocenters. The molecule has 1 fully saturated rings. The number of hydrogen-bond acceptors (Lipinski definition) is 9. The number of rotatable bonds is 6. The van der Waals surface area contributed by atoms with Crippen LogP contribution >= 0.6 is 11.6 Å². The van der Waals surface area contributed by atoms with Gasteiger partial charge in [0.05, 0.1) is 41.8 Å². The van der Waals surface area contributed by atoms with Gasteiger partial charge < -0.3 is 30.6 Å². The molecular formula is C23H23ClFN9O2. The van der Waals surface area contributed by atoms with Crippen LogP contribution in [0.15, 0.2) is 30.6 Å². The Kier molecular flexibility index (Phi) is 6.29. The number of imidazole rings is 1. The molecule has 1 aromatic carbocycles. The van der Waals surface area contributed by atoms with Crippen LogP contribution in [0.2, 0.25) is 5.02 Å².